The van der Waals surface area contributed by atoms with Crippen molar-refractivity contribution in [1.82, 2.24) is 0 Å². The Bertz CT molecular complexity index is 830. The zero-order chi connectivity index (χ0) is 16.1. The summed E-state index contributed by atoms with van der Waals surface area (Å²) >= 11 is 0. The average molecular weight is 298 g/mol. The zero-order valence-electron chi connectivity index (χ0n) is 13.1. The smallest absolute Gasteiger partial charge is 0.150 e. The molecule has 0 N–H and O–H groups in total. The van der Waals surface area contributed by atoms with Crippen LogP contribution in [-0.4, -0.2) is 6.29 Å². The lowest BCUT2D eigenvalue weighted by molar-refractivity contribution is 0.112. The van der Waals surface area contributed by atoms with Crippen molar-refractivity contribution < 1.29 is 4.79 Å². The third-order valence-electron chi connectivity index (χ3n) is 3.95. The standard InChI is InChI=1S/C22H18O/c1-2-20(17-10-5-3-6-11-17)22-19(16-23)14-9-15-21(22)18-12-7-4-8-13-18/h2-16H,1H3/b20-2+. The van der Waals surface area contributed by atoms with Crippen LogP contribution in [-0.2, 0) is 0 Å². The van der Waals surface area contributed by atoms with Gasteiger partial charge in [-0.15, -0.1) is 0 Å². The molecule has 0 atom stereocenters. The Kier molecular flexibility index (Phi) is 4.49. The number of hydrogen-bond donors (Lipinski definition) is 0. The molecule has 0 saturated heterocycles. The molecule has 0 saturated carbocycles. The highest BCUT2D eigenvalue weighted by Gasteiger charge is 2.14. The number of hydrogen-bond acceptors (Lipinski definition) is 1. The van der Waals surface area contributed by atoms with Gasteiger partial charge < -0.3 is 0 Å². The van der Waals surface area contributed by atoms with Gasteiger partial charge >= 0.3 is 0 Å². The van der Waals surface area contributed by atoms with Gasteiger partial charge in [0.05, 0.1) is 0 Å². The van der Waals surface area contributed by atoms with Crippen LogP contribution in [0.3, 0.4) is 0 Å². The Labute approximate surface area is 136 Å². The van der Waals surface area contributed by atoms with Gasteiger partial charge in [0.1, 0.15) is 0 Å². The first-order chi connectivity index (χ1) is 11.3. The SMILES string of the molecule is C/C=C(\c1ccccc1)c1c(C=O)cccc1-c1ccccc1. The van der Waals surface area contributed by atoms with Gasteiger partial charge in [0.25, 0.3) is 0 Å². The van der Waals surface area contributed by atoms with Gasteiger partial charge in [0.2, 0.25) is 0 Å². The molecule has 0 aliphatic heterocycles. The van der Waals surface area contributed by atoms with Crippen LogP contribution >= 0.6 is 0 Å². The lowest BCUT2D eigenvalue weighted by Gasteiger charge is -2.16. The van der Waals surface area contributed by atoms with Crippen molar-refractivity contribution >= 4 is 11.9 Å². The van der Waals surface area contributed by atoms with E-state index in [1.54, 1.807) is 0 Å². The quantitative estimate of drug-likeness (QED) is 0.571. The molecular weight excluding hydrogens is 280 g/mol. The van der Waals surface area contributed by atoms with E-state index in [0.29, 0.717) is 5.56 Å². The number of aldehydes is 1. The van der Waals surface area contributed by atoms with Crippen LogP contribution in [0.25, 0.3) is 16.7 Å². The van der Waals surface area contributed by atoms with Crippen LogP contribution in [0.5, 0.6) is 0 Å². The van der Waals surface area contributed by atoms with Gasteiger partial charge in [-0.2, -0.15) is 0 Å². The first-order valence-corrected chi connectivity index (χ1v) is 7.71. The number of rotatable bonds is 4. The average Bonchev–Trinajstić information content (AvgIpc) is 2.64. The summed E-state index contributed by atoms with van der Waals surface area (Å²) in [6, 6.07) is 26.3. The van der Waals surface area contributed by atoms with Crippen LogP contribution < -0.4 is 0 Å². The molecule has 0 spiro atoms. The molecule has 1 heteroatoms. The minimum Gasteiger partial charge on any atom is -0.298 e. The molecule has 1 nitrogen and oxygen atoms in total. The monoisotopic (exact) mass is 298 g/mol. The summed E-state index contributed by atoms with van der Waals surface area (Å²) in [5.74, 6) is 0. The number of allylic oxidation sites excluding steroid dienone is 1. The largest absolute Gasteiger partial charge is 0.298 e. The fourth-order valence-corrected chi connectivity index (χ4v) is 2.90. The zero-order valence-corrected chi connectivity index (χ0v) is 13.1. The number of benzene rings is 3. The lowest BCUT2D eigenvalue weighted by Crippen LogP contribution is -1.98. The molecule has 112 valence electrons. The highest BCUT2D eigenvalue weighted by atomic mass is 16.1. The maximum absolute atomic E-state index is 11.6. The van der Waals surface area contributed by atoms with E-state index in [2.05, 4.69) is 36.4 Å². The Balaban J connectivity index is 2.27. The van der Waals surface area contributed by atoms with Gasteiger partial charge in [-0.05, 0) is 29.2 Å². The summed E-state index contributed by atoms with van der Waals surface area (Å²) in [6.45, 7) is 2.01. The molecule has 0 aliphatic rings. The highest BCUT2D eigenvalue weighted by molar-refractivity contribution is 5.97. The summed E-state index contributed by atoms with van der Waals surface area (Å²) in [4.78, 5) is 11.6. The first-order valence-electron chi connectivity index (χ1n) is 7.71. The van der Waals surface area contributed by atoms with E-state index in [9.17, 15) is 4.79 Å². The normalized spacial score (nSPS) is 11.3. The predicted molar refractivity (Wildman–Crippen MR) is 96.5 cm³/mol. The molecule has 0 bridgehead atoms. The van der Waals surface area contributed by atoms with Crippen molar-refractivity contribution in [3.63, 3.8) is 0 Å². The maximum Gasteiger partial charge on any atom is 0.150 e. The van der Waals surface area contributed by atoms with E-state index >= 15 is 0 Å². The summed E-state index contributed by atoms with van der Waals surface area (Å²) in [5, 5.41) is 0. The van der Waals surface area contributed by atoms with E-state index in [1.165, 1.54) is 0 Å². The molecule has 23 heavy (non-hydrogen) atoms. The fourth-order valence-electron chi connectivity index (χ4n) is 2.90. The molecule has 3 aromatic carbocycles. The second-order valence-corrected chi connectivity index (χ2v) is 5.32. The molecule has 0 radical (unpaired) electrons. The van der Waals surface area contributed by atoms with Crippen molar-refractivity contribution in [2.45, 2.75) is 6.92 Å². The topological polar surface area (TPSA) is 17.1 Å². The van der Waals surface area contributed by atoms with E-state index in [-0.39, 0.29) is 0 Å². The van der Waals surface area contributed by atoms with Crippen LogP contribution in [0.4, 0.5) is 0 Å². The van der Waals surface area contributed by atoms with Crippen molar-refractivity contribution in [3.8, 4) is 11.1 Å². The number of carbonyl (C=O) groups is 1. The van der Waals surface area contributed by atoms with Gasteiger partial charge in [-0.1, -0.05) is 84.9 Å². The molecule has 0 heterocycles. The van der Waals surface area contributed by atoms with Crippen LogP contribution in [0.2, 0.25) is 0 Å². The Hall–Kier alpha value is -2.93. The van der Waals surface area contributed by atoms with E-state index < -0.39 is 0 Å². The second kappa shape index (κ2) is 6.89. The van der Waals surface area contributed by atoms with Crippen LogP contribution in [0, 0.1) is 0 Å². The van der Waals surface area contributed by atoms with Gasteiger partial charge in [-0.25, -0.2) is 0 Å². The van der Waals surface area contributed by atoms with Crippen molar-refractivity contribution in [1.29, 1.82) is 0 Å². The van der Waals surface area contributed by atoms with Crippen LogP contribution in [0.15, 0.2) is 84.9 Å². The molecule has 0 amide bonds. The number of carbonyl (C=O) groups excluding carboxylic acids is 1. The molecule has 3 aromatic rings. The summed E-state index contributed by atoms with van der Waals surface area (Å²) in [6.07, 6.45) is 3.01. The van der Waals surface area contributed by atoms with E-state index in [1.807, 2.05) is 55.5 Å². The van der Waals surface area contributed by atoms with Crippen LogP contribution in [0.1, 0.15) is 28.4 Å². The molecule has 3 rings (SSSR count). The summed E-state index contributed by atoms with van der Waals surface area (Å²) < 4.78 is 0. The summed E-state index contributed by atoms with van der Waals surface area (Å²) in [5.41, 5.74) is 6.08. The molecule has 0 aromatic heterocycles. The predicted octanol–water partition coefficient (Wildman–Crippen LogP) is 5.62. The maximum atomic E-state index is 11.6. The third-order valence-corrected chi connectivity index (χ3v) is 3.95. The molecule has 0 fully saturated rings. The van der Waals surface area contributed by atoms with Gasteiger partial charge in [0.15, 0.2) is 6.29 Å². The Morgan fingerprint density at radius 1 is 0.783 bits per heavy atom. The molecule has 0 unspecified atom stereocenters. The Morgan fingerprint density at radius 2 is 1.43 bits per heavy atom. The van der Waals surface area contributed by atoms with E-state index in [0.717, 1.165) is 34.1 Å². The molecule has 0 aliphatic carbocycles. The van der Waals surface area contributed by atoms with Crippen molar-refractivity contribution in [2.75, 3.05) is 0 Å². The Morgan fingerprint density at radius 3 is 2.04 bits per heavy atom. The van der Waals surface area contributed by atoms with Gasteiger partial charge in [0, 0.05) is 11.1 Å². The van der Waals surface area contributed by atoms with E-state index in [4.69, 9.17) is 0 Å². The minimum atomic E-state index is 0.711. The third kappa shape index (κ3) is 3.00. The molecular formula is C22H18O. The fraction of sp³-hybridized carbons (Fsp3) is 0.0455. The second-order valence-electron chi connectivity index (χ2n) is 5.32. The van der Waals surface area contributed by atoms with Crippen molar-refractivity contribution in [2.24, 2.45) is 0 Å². The minimum absolute atomic E-state index is 0.711. The lowest BCUT2D eigenvalue weighted by atomic mass is 9.87. The highest BCUT2D eigenvalue weighted by Crippen LogP contribution is 2.34. The summed E-state index contributed by atoms with van der Waals surface area (Å²) in [7, 11) is 0. The first kappa shape index (κ1) is 15.0. The van der Waals surface area contributed by atoms with Crippen molar-refractivity contribution in [3.05, 3.63) is 102 Å². The van der Waals surface area contributed by atoms with Gasteiger partial charge in [-0.3, -0.25) is 4.79 Å².